The molecule has 31 heavy (non-hydrogen) atoms. The van der Waals surface area contributed by atoms with Gasteiger partial charge in [0.2, 0.25) is 17.6 Å². The van der Waals surface area contributed by atoms with E-state index in [9.17, 15) is 19.2 Å². The van der Waals surface area contributed by atoms with E-state index < -0.39 is 35.4 Å². The Labute approximate surface area is 180 Å². The third-order valence-electron chi connectivity index (χ3n) is 5.81. The second kappa shape index (κ2) is 9.59. The van der Waals surface area contributed by atoms with Crippen LogP contribution in [0.25, 0.3) is 0 Å². The standard InChI is InChI=1S/C21H30N4O6/c1-12-8-16(31-25-12)20(29)23-13(2)19(28)22-10-17(26)24-15(9-14-6-4-5-7-14)18(27)21(3)11-30-21/h8,13-15H,4-7,9-11H2,1-3H3,(H,22,28)(H,23,29)(H,24,26)/t13-,15-,21+/m0/s1. The van der Waals surface area contributed by atoms with Gasteiger partial charge in [-0.2, -0.15) is 0 Å². The number of amides is 3. The zero-order valence-corrected chi connectivity index (χ0v) is 18.2. The molecule has 3 rings (SSSR count). The van der Waals surface area contributed by atoms with Gasteiger partial charge in [0, 0.05) is 6.07 Å². The molecule has 0 bridgehead atoms. The highest BCUT2D eigenvalue weighted by atomic mass is 16.6. The third-order valence-corrected chi connectivity index (χ3v) is 5.81. The highest BCUT2D eigenvalue weighted by Crippen LogP contribution is 2.33. The zero-order chi connectivity index (χ0) is 22.6. The van der Waals surface area contributed by atoms with E-state index in [1.54, 1.807) is 13.8 Å². The molecule has 1 saturated heterocycles. The molecular weight excluding hydrogens is 404 g/mol. The Kier molecular flexibility index (Phi) is 7.09. The van der Waals surface area contributed by atoms with Crippen molar-refractivity contribution in [1.82, 2.24) is 21.1 Å². The van der Waals surface area contributed by atoms with Gasteiger partial charge in [-0.15, -0.1) is 0 Å². The van der Waals surface area contributed by atoms with E-state index in [0.717, 1.165) is 25.7 Å². The highest BCUT2D eigenvalue weighted by Gasteiger charge is 2.50. The molecule has 2 fully saturated rings. The number of ether oxygens (including phenoxy) is 1. The molecule has 1 aromatic heterocycles. The minimum atomic E-state index is -0.889. The molecule has 3 N–H and O–H groups in total. The molecule has 2 heterocycles. The van der Waals surface area contributed by atoms with Gasteiger partial charge in [-0.3, -0.25) is 19.2 Å². The number of rotatable bonds is 10. The number of hydrogen-bond donors (Lipinski definition) is 3. The number of aryl methyl sites for hydroxylation is 1. The molecular formula is C21H30N4O6. The largest absolute Gasteiger partial charge is 0.361 e. The van der Waals surface area contributed by atoms with Crippen LogP contribution in [0.5, 0.6) is 0 Å². The number of nitrogens with zero attached hydrogens (tertiary/aromatic N) is 1. The molecule has 0 spiro atoms. The van der Waals surface area contributed by atoms with Gasteiger partial charge in [-0.1, -0.05) is 30.8 Å². The van der Waals surface area contributed by atoms with E-state index >= 15 is 0 Å². The predicted octanol–water partition coefficient (Wildman–Crippen LogP) is 0.641. The van der Waals surface area contributed by atoms with E-state index in [1.165, 1.54) is 13.0 Å². The van der Waals surface area contributed by atoms with Crippen molar-refractivity contribution in [3.05, 3.63) is 17.5 Å². The molecule has 0 aromatic carbocycles. The summed E-state index contributed by atoms with van der Waals surface area (Å²) >= 11 is 0. The van der Waals surface area contributed by atoms with E-state index in [2.05, 4.69) is 21.1 Å². The van der Waals surface area contributed by atoms with Crippen LogP contribution in [0, 0.1) is 12.8 Å². The molecule has 0 radical (unpaired) electrons. The molecule has 0 unspecified atom stereocenters. The Morgan fingerprint density at radius 3 is 2.48 bits per heavy atom. The molecule has 3 atom stereocenters. The summed E-state index contributed by atoms with van der Waals surface area (Å²) in [6, 6.07) is -0.0638. The fraction of sp³-hybridized carbons (Fsp3) is 0.667. The first-order valence-corrected chi connectivity index (χ1v) is 10.7. The quantitative estimate of drug-likeness (QED) is 0.459. The number of Topliss-reactive ketones (excluding diaryl/α,β-unsaturated/α-hetero) is 1. The summed E-state index contributed by atoms with van der Waals surface area (Å²) in [7, 11) is 0. The van der Waals surface area contributed by atoms with Crippen molar-refractivity contribution in [2.24, 2.45) is 5.92 Å². The van der Waals surface area contributed by atoms with Crippen molar-refractivity contribution in [2.45, 2.75) is 70.6 Å². The summed E-state index contributed by atoms with van der Waals surface area (Å²) in [5.41, 5.74) is -0.274. The maximum atomic E-state index is 12.8. The second-order valence-electron chi connectivity index (χ2n) is 8.64. The lowest BCUT2D eigenvalue weighted by Gasteiger charge is -2.23. The van der Waals surface area contributed by atoms with Gasteiger partial charge >= 0.3 is 0 Å². The molecule has 10 heteroatoms. The van der Waals surface area contributed by atoms with Gasteiger partial charge in [-0.05, 0) is 33.1 Å². The maximum Gasteiger partial charge on any atom is 0.290 e. The Morgan fingerprint density at radius 1 is 1.23 bits per heavy atom. The monoisotopic (exact) mass is 434 g/mol. The number of carbonyl (C=O) groups is 4. The normalized spacial score (nSPS) is 22.4. The molecule has 1 aliphatic heterocycles. The lowest BCUT2D eigenvalue weighted by molar-refractivity contribution is -0.131. The zero-order valence-electron chi connectivity index (χ0n) is 18.2. The van der Waals surface area contributed by atoms with E-state index in [1.807, 2.05) is 0 Å². The SMILES string of the molecule is Cc1cc(C(=O)N[C@@H](C)C(=O)NCC(=O)N[C@@H](CC2CCCC2)C(=O)[C@@]2(C)CO2)on1. The molecule has 3 amide bonds. The molecule has 2 aliphatic rings. The fourth-order valence-corrected chi connectivity index (χ4v) is 3.80. The molecule has 1 saturated carbocycles. The van der Waals surface area contributed by atoms with Crippen molar-refractivity contribution in [2.75, 3.05) is 13.2 Å². The molecule has 1 aliphatic carbocycles. The predicted molar refractivity (Wildman–Crippen MR) is 109 cm³/mol. The first-order valence-electron chi connectivity index (χ1n) is 10.7. The summed E-state index contributed by atoms with van der Waals surface area (Å²) in [5, 5.41) is 11.3. The topological polar surface area (TPSA) is 143 Å². The average Bonchev–Trinajstić information content (AvgIpc) is 3.10. The lowest BCUT2D eigenvalue weighted by Crippen LogP contribution is -2.51. The van der Waals surface area contributed by atoms with E-state index in [-0.39, 0.29) is 18.1 Å². The molecule has 1 aromatic rings. The number of ketones is 1. The number of carbonyl (C=O) groups excluding carboxylic acids is 4. The molecule has 170 valence electrons. The van der Waals surface area contributed by atoms with Gasteiger partial charge in [0.25, 0.3) is 5.91 Å². The maximum absolute atomic E-state index is 12.8. The Hall–Kier alpha value is -2.75. The Morgan fingerprint density at radius 2 is 1.90 bits per heavy atom. The lowest BCUT2D eigenvalue weighted by atomic mass is 9.91. The van der Waals surface area contributed by atoms with Gasteiger partial charge in [0.1, 0.15) is 11.6 Å². The molecule has 10 nitrogen and oxygen atoms in total. The van der Waals surface area contributed by atoms with Crippen LogP contribution in [0.2, 0.25) is 0 Å². The van der Waals surface area contributed by atoms with Crippen molar-refractivity contribution in [3.63, 3.8) is 0 Å². The summed E-state index contributed by atoms with van der Waals surface area (Å²) in [5.74, 6) is -1.29. The van der Waals surface area contributed by atoms with Crippen LogP contribution >= 0.6 is 0 Å². The van der Waals surface area contributed by atoms with Crippen molar-refractivity contribution in [1.29, 1.82) is 0 Å². The fourth-order valence-electron chi connectivity index (χ4n) is 3.80. The highest BCUT2D eigenvalue weighted by molar-refractivity contribution is 5.98. The minimum Gasteiger partial charge on any atom is -0.361 e. The average molecular weight is 434 g/mol. The minimum absolute atomic E-state index is 0.000973. The van der Waals surface area contributed by atoms with Crippen LogP contribution in [-0.4, -0.2) is 59.5 Å². The van der Waals surface area contributed by atoms with Crippen LogP contribution in [0.3, 0.4) is 0 Å². The van der Waals surface area contributed by atoms with E-state index in [4.69, 9.17) is 9.26 Å². The van der Waals surface area contributed by atoms with Gasteiger partial charge in [0.15, 0.2) is 5.78 Å². The Bertz CT molecular complexity index is 841. The van der Waals surface area contributed by atoms with Gasteiger partial charge < -0.3 is 25.2 Å². The third kappa shape index (κ3) is 6.13. The second-order valence-corrected chi connectivity index (χ2v) is 8.64. The number of aromatic nitrogens is 1. The van der Waals surface area contributed by atoms with Crippen LogP contribution in [0.1, 0.15) is 62.2 Å². The van der Waals surface area contributed by atoms with Gasteiger partial charge in [0.05, 0.1) is 24.9 Å². The van der Waals surface area contributed by atoms with Gasteiger partial charge in [-0.25, -0.2) is 0 Å². The van der Waals surface area contributed by atoms with Crippen molar-refractivity contribution < 1.29 is 28.4 Å². The van der Waals surface area contributed by atoms with Crippen LogP contribution in [0.4, 0.5) is 0 Å². The van der Waals surface area contributed by atoms with Crippen LogP contribution < -0.4 is 16.0 Å². The van der Waals surface area contributed by atoms with Crippen LogP contribution in [0.15, 0.2) is 10.6 Å². The van der Waals surface area contributed by atoms with Crippen molar-refractivity contribution in [3.8, 4) is 0 Å². The first-order chi connectivity index (χ1) is 14.7. The summed E-state index contributed by atoms with van der Waals surface area (Å²) < 4.78 is 10.1. The van der Waals surface area contributed by atoms with Crippen LogP contribution in [-0.2, 0) is 19.1 Å². The summed E-state index contributed by atoms with van der Waals surface area (Å²) in [6.07, 6.45) is 4.97. The van der Waals surface area contributed by atoms with Crippen molar-refractivity contribution >= 4 is 23.5 Å². The summed E-state index contributed by atoms with van der Waals surface area (Å²) in [4.78, 5) is 49.5. The first kappa shape index (κ1) is 22.9. The number of nitrogens with one attached hydrogen (secondary N) is 3. The summed E-state index contributed by atoms with van der Waals surface area (Å²) in [6.45, 7) is 4.96. The number of hydrogen-bond acceptors (Lipinski definition) is 7. The number of epoxide rings is 1. The Balaban J connectivity index is 1.47. The smallest absolute Gasteiger partial charge is 0.290 e. The van der Waals surface area contributed by atoms with E-state index in [0.29, 0.717) is 24.6 Å².